The van der Waals surface area contributed by atoms with E-state index in [2.05, 4.69) is 4.74 Å². The van der Waals surface area contributed by atoms with E-state index < -0.39 is 17.2 Å². The largest absolute Gasteiger partial charge is 0.422 e. The minimum atomic E-state index is -0.962. The molecular weight excluding hydrogens is 230 g/mol. The van der Waals surface area contributed by atoms with Crippen LogP contribution in [0, 0.1) is 5.82 Å². The second-order valence-corrected chi connectivity index (χ2v) is 3.31. The fraction of sp³-hybridized carbons (Fsp3) is 0.222. The van der Waals surface area contributed by atoms with Gasteiger partial charge < -0.3 is 4.74 Å². The number of alkyl halides is 2. The molecule has 0 saturated carbocycles. The molecule has 76 valence electrons. The second kappa shape index (κ2) is 5.17. The first-order valence-corrected chi connectivity index (χ1v) is 4.78. The molecule has 0 aliphatic heterocycles. The van der Waals surface area contributed by atoms with Crippen molar-refractivity contribution in [3.63, 3.8) is 0 Å². The maximum Gasteiger partial charge on any atom is 0.330 e. The number of halogens is 3. The third kappa shape index (κ3) is 2.86. The van der Waals surface area contributed by atoms with Gasteiger partial charge in [0.05, 0.1) is 0 Å². The summed E-state index contributed by atoms with van der Waals surface area (Å²) in [5.41, 5.74) is 0. The van der Waals surface area contributed by atoms with Crippen LogP contribution in [0.15, 0.2) is 24.3 Å². The quantitative estimate of drug-likeness (QED) is 0.458. The zero-order chi connectivity index (χ0) is 10.6. The molecule has 5 heteroatoms. The van der Waals surface area contributed by atoms with E-state index in [9.17, 15) is 9.18 Å². The minimum Gasteiger partial charge on any atom is -0.422 e. The maximum absolute atomic E-state index is 13.0. The van der Waals surface area contributed by atoms with E-state index in [1.54, 1.807) is 6.07 Å². The first-order valence-electron chi connectivity index (χ1n) is 3.81. The lowest BCUT2D eigenvalue weighted by atomic mass is 10.3. The number of para-hydroxylation sites is 1. The molecule has 0 N–H and O–H groups in total. The first kappa shape index (κ1) is 11.3. The van der Waals surface area contributed by atoms with Crippen molar-refractivity contribution in [2.24, 2.45) is 0 Å². The highest BCUT2D eigenvalue weighted by Crippen LogP contribution is 2.16. The average Bonchev–Trinajstić information content (AvgIpc) is 2.20. The molecule has 0 bridgehead atoms. The fourth-order valence-corrected chi connectivity index (χ4v) is 0.933. The van der Waals surface area contributed by atoms with Crippen LogP contribution >= 0.6 is 23.2 Å². The molecule has 0 aromatic heterocycles. The SMILES string of the molecule is O=C(Oc1ccccc1F)C(Cl)CCl. The summed E-state index contributed by atoms with van der Waals surface area (Å²) in [6, 6.07) is 5.57. The molecule has 0 aliphatic rings. The van der Waals surface area contributed by atoms with Gasteiger partial charge >= 0.3 is 5.97 Å². The van der Waals surface area contributed by atoms with Crippen LogP contribution in [0.2, 0.25) is 0 Å². The van der Waals surface area contributed by atoms with E-state index in [0.717, 1.165) is 0 Å². The van der Waals surface area contributed by atoms with Crippen molar-refractivity contribution in [1.82, 2.24) is 0 Å². The summed E-state index contributed by atoms with van der Waals surface area (Å²) in [4.78, 5) is 11.1. The summed E-state index contributed by atoms with van der Waals surface area (Å²) >= 11 is 10.8. The van der Waals surface area contributed by atoms with E-state index in [1.807, 2.05) is 0 Å². The third-order valence-corrected chi connectivity index (χ3v) is 2.24. The van der Waals surface area contributed by atoms with Crippen LogP contribution in [-0.4, -0.2) is 17.2 Å². The summed E-state index contributed by atoms with van der Waals surface area (Å²) < 4.78 is 17.6. The van der Waals surface area contributed by atoms with E-state index in [4.69, 9.17) is 23.2 Å². The Balaban J connectivity index is 2.70. The maximum atomic E-state index is 13.0. The van der Waals surface area contributed by atoms with Crippen LogP contribution < -0.4 is 4.74 Å². The Hall–Kier alpha value is -0.800. The van der Waals surface area contributed by atoms with Crippen molar-refractivity contribution in [2.45, 2.75) is 5.38 Å². The average molecular weight is 237 g/mol. The van der Waals surface area contributed by atoms with E-state index in [-0.39, 0.29) is 11.6 Å². The molecule has 0 saturated heterocycles. The summed E-state index contributed by atoms with van der Waals surface area (Å²) in [6.07, 6.45) is 0. The fourth-order valence-electron chi connectivity index (χ4n) is 0.763. The lowest BCUT2D eigenvalue weighted by molar-refractivity contribution is -0.133. The molecule has 0 spiro atoms. The number of esters is 1. The normalized spacial score (nSPS) is 12.2. The van der Waals surface area contributed by atoms with Gasteiger partial charge in [-0.05, 0) is 12.1 Å². The topological polar surface area (TPSA) is 26.3 Å². The first-order chi connectivity index (χ1) is 6.65. The number of hydrogen-bond acceptors (Lipinski definition) is 2. The third-order valence-electron chi connectivity index (χ3n) is 1.44. The Kier molecular flexibility index (Phi) is 4.17. The number of carbonyl (C=O) groups excluding carboxylic acids is 1. The van der Waals surface area contributed by atoms with Crippen LogP contribution in [0.25, 0.3) is 0 Å². The van der Waals surface area contributed by atoms with Crippen molar-refractivity contribution in [3.05, 3.63) is 30.1 Å². The minimum absolute atomic E-state index is 0.0746. The van der Waals surface area contributed by atoms with Gasteiger partial charge in [-0.3, -0.25) is 0 Å². The van der Waals surface area contributed by atoms with Gasteiger partial charge in [0.1, 0.15) is 5.38 Å². The van der Waals surface area contributed by atoms with E-state index in [1.165, 1.54) is 18.2 Å². The molecule has 1 aromatic carbocycles. The van der Waals surface area contributed by atoms with Crippen molar-refractivity contribution in [3.8, 4) is 5.75 Å². The lowest BCUT2D eigenvalue weighted by Gasteiger charge is -2.06. The Labute approximate surface area is 90.6 Å². The predicted molar refractivity (Wildman–Crippen MR) is 52.4 cm³/mol. The second-order valence-electron chi connectivity index (χ2n) is 2.47. The van der Waals surface area contributed by atoms with Gasteiger partial charge in [-0.25, -0.2) is 9.18 Å². The molecule has 14 heavy (non-hydrogen) atoms. The van der Waals surface area contributed by atoms with Crippen molar-refractivity contribution >= 4 is 29.2 Å². The molecule has 0 heterocycles. The number of hydrogen-bond donors (Lipinski definition) is 0. The Bertz CT molecular complexity index is 330. The molecule has 1 rings (SSSR count). The van der Waals surface area contributed by atoms with Gasteiger partial charge in [-0.15, -0.1) is 23.2 Å². The Morgan fingerprint density at radius 2 is 2.14 bits per heavy atom. The zero-order valence-corrected chi connectivity index (χ0v) is 8.56. The van der Waals surface area contributed by atoms with Crippen LogP contribution in [0.5, 0.6) is 5.75 Å². The van der Waals surface area contributed by atoms with Gasteiger partial charge in [0.15, 0.2) is 11.6 Å². The summed E-state index contributed by atoms with van der Waals surface area (Å²) in [6.45, 7) is 0. The molecule has 0 aliphatic carbocycles. The van der Waals surface area contributed by atoms with Crippen LogP contribution in [0.3, 0.4) is 0 Å². The predicted octanol–water partition coefficient (Wildman–Crippen LogP) is 2.58. The molecule has 1 unspecified atom stereocenters. The van der Waals surface area contributed by atoms with Crippen LogP contribution in [0.1, 0.15) is 0 Å². The van der Waals surface area contributed by atoms with Gasteiger partial charge in [-0.2, -0.15) is 0 Å². The lowest BCUT2D eigenvalue weighted by Crippen LogP contribution is -2.22. The van der Waals surface area contributed by atoms with Gasteiger partial charge in [-0.1, -0.05) is 12.1 Å². The molecule has 0 amide bonds. The van der Waals surface area contributed by atoms with Crippen molar-refractivity contribution in [2.75, 3.05) is 5.88 Å². The van der Waals surface area contributed by atoms with Gasteiger partial charge in [0.25, 0.3) is 0 Å². The molecule has 1 atom stereocenters. The van der Waals surface area contributed by atoms with Crippen molar-refractivity contribution < 1.29 is 13.9 Å². The molecule has 0 fully saturated rings. The summed E-state index contributed by atoms with van der Waals surface area (Å²) in [5, 5.41) is -0.962. The standard InChI is InChI=1S/C9H7Cl2FO2/c10-5-6(11)9(13)14-8-4-2-1-3-7(8)12/h1-4,6H,5H2. The Morgan fingerprint density at radius 3 is 2.71 bits per heavy atom. The molecular formula is C9H7Cl2FO2. The van der Waals surface area contributed by atoms with Gasteiger partial charge in [0, 0.05) is 5.88 Å². The van der Waals surface area contributed by atoms with E-state index >= 15 is 0 Å². The highest BCUT2D eigenvalue weighted by molar-refractivity contribution is 6.35. The Morgan fingerprint density at radius 1 is 1.50 bits per heavy atom. The molecule has 0 radical (unpaired) electrons. The van der Waals surface area contributed by atoms with E-state index in [0.29, 0.717) is 0 Å². The number of benzene rings is 1. The number of ether oxygens (including phenoxy) is 1. The summed E-state index contributed by atoms with van der Waals surface area (Å²) in [7, 11) is 0. The van der Waals surface area contributed by atoms with Crippen LogP contribution in [0.4, 0.5) is 4.39 Å². The number of carbonyl (C=O) groups is 1. The smallest absolute Gasteiger partial charge is 0.330 e. The van der Waals surface area contributed by atoms with Crippen LogP contribution in [-0.2, 0) is 4.79 Å². The highest BCUT2D eigenvalue weighted by Gasteiger charge is 2.17. The highest BCUT2D eigenvalue weighted by atomic mass is 35.5. The van der Waals surface area contributed by atoms with Gasteiger partial charge in [0.2, 0.25) is 0 Å². The number of rotatable bonds is 3. The zero-order valence-electron chi connectivity index (χ0n) is 7.04. The molecule has 2 nitrogen and oxygen atoms in total. The summed E-state index contributed by atoms with van der Waals surface area (Å²) in [5.74, 6) is -1.59. The monoisotopic (exact) mass is 236 g/mol. The molecule has 1 aromatic rings. The van der Waals surface area contributed by atoms with Crippen molar-refractivity contribution in [1.29, 1.82) is 0 Å².